The van der Waals surface area contributed by atoms with Crippen molar-refractivity contribution in [1.82, 2.24) is 30.5 Å². The van der Waals surface area contributed by atoms with Gasteiger partial charge in [-0.1, -0.05) is 91.5 Å². The zero-order valence-corrected chi connectivity index (χ0v) is 32.9. The third-order valence-electron chi connectivity index (χ3n) is 11.6. The van der Waals surface area contributed by atoms with E-state index in [1.807, 2.05) is 41.5 Å². The molecule has 0 bridgehead atoms. The Morgan fingerprint density at radius 1 is 0.925 bits per heavy atom. The van der Waals surface area contributed by atoms with E-state index in [4.69, 9.17) is 0 Å². The Balaban J connectivity index is 1.33. The topological polar surface area (TPSA) is 174 Å². The van der Waals surface area contributed by atoms with Crippen LogP contribution in [0.15, 0.2) is 41.8 Å². The minimum Gasteiger partial charge on any atom is -0.346 e. The summed E-state index contributed by atoms with van der Waals surface area (Å²) in [5, 5.41) is 11.3. The van der Waals surface area contributed by atoms with Gasteiger partial charge < -0.3 is 26.2 Å². The zero-order chi connectivity index (χ0) is 38.9. The molecule has 1 aromatic rings. The molecule has 14 heteroatoms. The molecule has 0 spiro atoms. The summed E-state index contributed by atoms with van der Waals surface area (Å²) in [4.78, 5) is 70.5. The van der Waals surface area contributed by atoms with Crippen molar-refractivity contribution in [3.8, 4) is 0 Å². The molecular weight excluding hydrogens is 697 g/mol. The number of amides is 5. The maximum absolute atomic E-state index is 14.6. The van der Waals surface area contributed by atoms with Crippen molar-refractivity contribution in [2.75, 3.05) is 19.6 Å². The first kappa shape index (κ1) is 40.4. The lowest BCUT2D eigenvalue weighted by Crippen LogP contribution is -2.62. The van der Waals surface area contributed by atoms with Gasteiger partial charge in [0.1, 0.15) is 12.1 Å². The molecular formula is C39H58N6O7S. The molecule has 4 N–H and O–H groups in total. The number of rotatable bonds is 13. The molecule has 292 valence electrons. The van der Waals surface area contributed by atoms with Crippen LogP contribution < -0.4 is 21.3 Å². The molecule has 2 aliphatic carbocycles. The van der Waals surface area contributed by atoms with E-state index in [1.165, 1.54) is 10.4 Å². The molecule has 1 aromatic carbocycles. The second-order valence-corrected chi connectivity index (χ2v) is 19.4. The van der Waals surface area contributed by atoms with Gasteiger partial charge >= 0.3 is 6.03 Å². The summed E-state index contributed by atoms with van der Waals surface area (Å²) in [6.45, 7) is 15.5. The number of ketones is 1. The monoisotopic (exact) mass is 754 g/mol. The highest BCUT2D eigenvalue weighted by atomic mass is 32.2. The second-order valence-electron chi connectivity index (χ2n) is 17.5. The highest BCUT2D eigenvalue weighted by Crippen LogP contribution is 2.43. The molecule has 0 radical (unpaired) electrons. The Labute approximate surface area is 314 Å². The normalized spacial score (nSPS) is 24.2. The van der Waals surface area contributed by atoms with Crippen LogP contribution in [-0.2, 0) is 35.7 Å². The van der Waals surface area contributed by atoms with Crippen LogP contribution in [0.3, 0.4) is 0 Å². The predicted molar refractivity (Wildman–Crippen MR) is 201 cm³/mol. The maximum atomic E-state index is 14.6. The molecule has 2 aliphatic heterocycles. The zero-order valence-electron chi connectivity index (χ0n) is 32.1. The average Bonchev–Trinajstić information content (AvgIpc) is 3.73. The van der Waals surface area contributed by atoms with Crippen molar-refractivity contribution in [3.63, 3.8) is 0 Å². The summed E-state index contributed by atoms with van der Waals surface area (Å²) in [7, 11) is -3.74. The van der Waals surface area contributed by atoms with Crippen molar-refractivity contribution < 1.29 is 32.4 Å². The summed E-state index contributed by atoms with van der Waals surface area (Å²) in [6, 6.07) is 2.72. The summed E-state index contributed by atoms with van der Waals surface area (Å²) >= 11 is 0. The first-order valence-corrected chi connectivity index (χ1v) is 20.5. The summed E-state index contributed by atoms with van der Waals surface area (Å²) in [6.07, 6.45) is 7.24. The SMILES string of the molecule is C=CCNC(=O)C(=O)C(CC1CCC1)NC(=O)[C@@H]1[C@H]2CCC[C@H]2CN1C(=O)[C@@H](NC(=O)N[C@H](CN1Cc2ccccc2S1(=O)=O)C(C)(C)C)C(C)(C)C. The number of hydrogen-bond acceptors (Lipinski definition) is 7. The number of nitrogens with zero attached hydrogens (tertiary/aromatic N) is 2. The Kier molecular flexibility index (Phi) is 12.1. The second kappa shape index (κ2) is 15.9. The van der Waals surface area contributed by atoms with Gasteiger partial charge in [-0.25, -0.2) is 13.2 Å². The number of carbonyl (C=O) groups excluding carboxylic acids is 5. The summed E-state index contributed by atoms with van der Waals surface area (Å²) in [5.74, 6) is -2.15. The number of hydrogen-bond donors (Lipinski definition) is 4. The molecule has 1 saturated heterocycles. The Hall–Kier alpha value is -3.78. The lowest BCUT2D eigenvalue weighted by atomic mass is 9.80. The van der Waals surface area contributed by atoms with Crippen LogP contribution in [0.2, 0.25) is 0 Å². The highest BCUT2D eigenvalue weighted by molar-refractivity contribution is 7.89. The van der Waals surface area contributed by atoms with Gasteiger partial charge in [0.15, 0.2) is 0 Å². The Bertz CT molecular complexity index is 1700. The number of likely N-dealkylation sites (tertiary alicyclic amines) is 1. The van der Waals surface area contributed by atoms with Crippen LogP contribution in [0.5, 0.6) is 0 Å². The van der Waals surface area contributed by atoms with Gasteiger partial charge in [-0.3, -0.25) is 19.2 Å². The minimum atomic E-state index is -3.74. The standard InChI is InChI=1S/C39H58N6O7S/c1-8-19-40-35(48)32(46)28(20-24-13-11-14-24)41-34(47)31-27-17-12-16-25(27)22-45(31)36(49)33(39(5,6)7)43-37(50)42-30(38(2,3)4)23-44-21-26-15-9-10-18-29(26)53(44,51)52/h8-10,15,18,24-25,27-28,30-31,33H,1,11-14,16-17,19-23H2,2-7H3,(H,40,48)(H,41,47)(H2,42,43,50)/t25-,27-,28?,30+,31-,33+/m0/s1. The van der Waals surface area contributed by atoms with E-state index >= 15 is 0 Å². The fourth-order valence-corrected chi connectivity index (χ4v) is 9.82. The third-order valence-corrected chi connectivity index (χ3v) is 13.5. The van der Waals surface area contributed by atoms with E-state index in [-0.39, 0.29) is 42.3 Å². The van der Waals surface area contributed by atoms with Crippen molar-refractivity contribution in [2.45, 2.75) is 122 Å². The van der Waals surface area contributed by atoms with E-state index in [9.17, 15) is 32.4 Å². The van der Waals surface area contributed by atoms with Crippen LogP contribution in [0, 0.1) is 28.6 Å². The van der Waals surface area contributed by atoms with E-state index in [2.05, 4.69) is 27.8 Å². The van der Waals surface area contributed by atoms with Gasteiger partial charge in [-0.15, -0.1) is 6.58 Å². The quantitative estimate of drug-likeness (QED) is 0.176. The fraction of sp³-hybridized carbons (Fsp3) is 0.667. The number of carbonyl (C=O) groups is 5. The number of urea groups is 1. The summed E-state index contributed by atoms with van der Waals surface area (Å²) in [5.41, 5.74) is -0.614. The lowest BCUT2D eigenvalue weighted by molar-refractivity contribution is -0.144. The van der Waals surface area contributed by atoms with E-state index < -0.39 is 74.6 Å². The molecule has 1 unspecified atom stereocenters. The van der Waals surface area contributed by atoms with Gasteiger partial charge in [0.2, 0.25) is 27.6 Å². The van der Waals surface area contributed by atoms with Gasteiger partial charge in [0.25, 0.3) is 5.91 Å². The summed E-state index contributed by atoms with van der Waals surface area (Å²) < 4.78 is 28.1. The van der Waals surface area contributed by atoms with Crippen LogP contribution >= 0.6 is 0 Å². The Morgan fingerprint density at radius 3 is 2.21 bits per heavy atom. The van der Waals surface area contributed by atoms with Crippen LogP contribution in [-0.4, -0.2) is 91.0 Å². The molecule has 4 aliphatic rings. The van der Waals surface area contributed by atoms with E-state index in [0.717, 1.165) is 38.5 Å². The molecule has 2 heterocycles. The van der Waals surface area contributed by atoms with E-state index in [1.54, 1.807) is 29.2 Å². The minimum absolute atomic E-state index is 0.0339. The molecule has 5 rings (SSSR count). The molecule has 2 saturated carbocycles. The highest BCUT2D eigenvalue weighted by Gasteiger charge is 2.52. The van der Waals surface area contributed by atoms with Gasteiger partial charge in [0.05, 0.1) is 10.9 Å². The Morgan fingerprint density at radius 2 is 1.60 bits per heavy atom. The fourth-order valence-electron chi connectivity index (χ4n) is 8.18. The number of sulfonamides is 1. The van der Waals surface area contributed by atoms with Crippen LogP contribution in [0.25, 0.3) is 0 Å². The number of Topliss-reactive ketones (excluding diaryl/α,β-unsaturated/α-hetero) is 1. The molecule has 6 atom stereocenters. The number of nitrogens with one attached hydrogen (secondary N) is 4. The van der Waals surface area contributed by atoms with Crippen molar-refractivity contribution in [3.05, 3.63) is 42.5 Å². The molecule has 5 amide bonds. The third kappa shape index (κ3) is 8.96. The van der Waals surface area contributed by atoms with Crippen molar-refractivity contribution in [2.24, 2.45) is 28.6 Å². The van der Waals surface area contributed by atoms with Crippen LogP contribution in [0.1, 0.15) is 92.1 Å². The average molecular weight is 755 g/mol. The lowest BCUT2D eigenvalue weighted by Gasteiger charge is -2.38. The first-order chi connectivity index (χ1) is 24.8. The largest absolute Gasteiger partial charge is 0.346 e. The van der Waals surface area contributed by atoms with E-state index in [0.29, 0.717) is 18.5 Å². The molecule has 3 fully saturated rings. The number of fused-ring (bicyclic) bond motifs is 2. The number of benzene rings is 1. The van der Waals surface area contributed by atoms with Crippen molar-refractivity contribution >= 4 is 39.6 Å². The van der Waals surface area contributed by atoms with Crippen molar-refractivity contribution in [1.29, 1.82) is 0 Å². The maximum Gasteiger partial charge on any atom is 0.315 e. The molecule has 0 aromatic heterocycles. The van der Waals surface area contributed by atoms with Crippen LogP contribution in [0.4, 0.5) is 4.79 Å². The first-order valence-electron chi connectivity index (χ1n) is 19.0. The predicted octanol–water partition coefficient (Wildman–Crippen LogP) is 3.49. The van der Waals surface area contributed by atoms with Gasteiger partial charge in [-0.05, 0) is 59.5 Å². The van der Waals surface area contributed by atoms with Gasteiger partial charge in [0, 0.05) is 32.2 Å². The van der Waals surface area contributed by atoms with Gasteiger partial charge in [-0.2, -0.15) is 4.31 Å². The smallest absolute Gasteiger partial charge is 0.315 e. The molecule has 13 nitrogen and oxygen atoms in total. The molecule has 53 heavy (non-hydrogen) atoms.